The van der Waals surface area contributed by atoms with Gasteiger partial charge in [0.05, 0.1) is 17.4 Å². The summed E-state index contributed by atoms with van der Waals surface area (Å²) in [7, 11) is -1.42. The zero-order chi connectivity index (χ0) is 13.5. The first kappa shape index (κ1) is 15.2. The molecule has 0 heterocycles. The van der Waals surface area contributed by atoms with Crippen molar-refractivity contribution in [2.45, 2.75) is 36.8 Å². The Balaban J connectivity index is 2.92. The Bertz CT molecular complexity index is 434. The minimum absolute atomic E-state index is 0.297. The van der Waals surface area contributed by atoms with Crippen LogP contribution in [0.2, 0.25) is 5.02 Å². The van der Waals surface area contributed by atoms with Crippen LogP contribution in [0.15, 0.2) is 29.2 Å². The van der Waals surface area contributed by atoms with Gasteiger partial charge < -0.3 is 4.74 Å². The van der Waals surface area contributed by atoms with Gasteiger partial charge in [0.25, 0.3) is 0 Å². The smallest absolute Gasteiger partial charge is 0.322 e. The van der Waals surface area contributed by atoms with E-state index in [0.717, 1.165) is 6.42 Å². The quantitative estimate of drug-likeness (QED) is 0.755. The highest BCUT2D eigenvalue weighted by molar-refractivity contribution is 7.86. The van der Waals surface area contributed by atoms with Gasteiger partial charge in [0.2, 0.25) is 0 Å². The van der Waals surface area contributed by atoms with Crippen molar-refractivity contribution in [2.24, 2.45) is 0 Å². The standard InChI is InChI=1S/C13H17ClO3S/c1-3-6-12(13(15)17-4-2)18(16)11-8-5-7-10(14)9-11/h5,7-9,12H,3-4,6H2,1-2H3. The van der Waals surface area contributed by atoms with E-state index in [-0.39, 0.29) is 0 Å². The van der Waals surface area contributed by atoms with E-state index in [1.807, 2.05) is 6.92 Å². The molecular weight excluding hydrogens is 272 g/mol. The first-order valence-electron chi connectivity index (χ1n) is 5.92. The van der Waals surface area contributed by atoms with Crippen LogP contribution < -0.4 is 0 Å². The minimum atomic E-state index is -1.42. The summed E-state index contributed by atoms with van der Waals surface area (Å²) in [4.78, 5) is 12.3. The van der Waals surface area contributed by atoms with Crippen molar-refractivity contribution in [3.8, 4) is 0 Å². The third kappa shape index (κ3) is 4.10. The van der Waals surface area contributed by atoms with Gasteiger partial charge in [-0.05, 0) is 31.5 Å². The molecule has 0 aliphatic rings. The highest BCUT2D eigenvalue weighted by Crippen LogP contribution is 2.20. The maximum absolute atomic E-state index is 12.4. The molecule has 0 saturated heterocycles. The van der Waals surface area contributed by atoms with Crippen LogP contribution in [-0.2, 0) is 20.3 Å². The topological polar surface area (TPSA) is 43.4 Å². The monoisotopic (exact) mass is 288 g/mol. The zero-order valence-corrected chi connectivity index (χ0v) is 12.1. The highest BCUT2D eigenvalue weighted by Gasteiger charge is 2.26. The van der Waals surface area contributed by atoms with Crippen molar-refractivity contribution < 1.29 is 13.7 Å². The lowest BCUT2D eigenvalue weighted by Crippen LogP contribution is -2.28. The number of rotatable bonds is 6. The molecule has 3 nitrogen and oxygen atoms in total. The van der Waals surface area contributed by atoms with Crippen LogP contribution in [0.1, 0.15) is 26.7 Å². The third-order valence-electron chi connectivity index (χ3n) is 2.39. The second kappa shape index (κ2) is 7.54. The van der Waals surface area contributed by atoms with Crippen molar-refractivity contribution >= 4 is 28.4 Å². The molecule has 2 unspecified atom stereocenters. The van der Waals surface area contributed by atoms with Crippen molar-refractivity contribution in [3.63, 3.8) is 0 Å². The summed E-state index contributed by atoms with van der Waals surface area (Å²) >= 11 is 5.86. The molecule has 0 saturated carbocycles. The molecule has 1 aromatic carbocycles. The Morgan fingerprint density at radius 2 is 2.17 bits per heavy atom. The normalized spacial score (nSPS) is 13.9. The summed E-state index contributed by atoms with van der Waals surface area (Å²) in [6, 6.07) is 6.77. The molecule has 1 aromatic rings. The average Bonchev–Trinajstić information content (AvgIpc) is 2.35. The number of ether oxygens (including phenoxy) is 1. The predicted octanol–water partition coefficient (Wildman–Crippen LogP) is 3.18. The van der Waals surface area contributed by atoms with E-state index < -0.39 is 22.0 Å². The molecule has 100 valence electrons. The van der Waals surface area contributed by atoms with Crippen molar-refractivity contribution in [1.29, 1.82) is 0 Å². The van der Waals surface area contributed by atoms with Crippen LogP contribution in [0, 0.1) is 0 Å². The Kier molecular flexibility index (Phi) is 6.36. The van der Waals surface area contributed by atoms with Gasteiger partial charge in [0.1, 0.15) is 5.25 Å². The lowest BCUT2D eigenvalue weighted by atomic mass is 10.2. The van der Waals surface area contributed by atoms with Crippen molar-refractivity contribution in [2.75, 3.05) is 6.61 Å². The van der Waals surface area contributed by atoms with Gasteiger partial charge in [-0.15, -0.1) is 0 Å². The summed E-state index contributed by atoms with van der Waals surface area (Å²) in [5.41, 5.74) is 0. The Morgan fingerprint density at radius 3 is 2.72 bits per heavy atom. The molecule has 0 radical (unpaired) electrons. The lowest BCUT2D eigenvalue weighted by Gasteiger charge is -2.14. The van der Waals surface area contributed by atoms with Crippen molar-refractivity contribution in [1.82, 2.24) is 0 Å². The van der Waals surface area contributed by atoms with E-state index in [2.05, 4.69) is 0 Å². The molecule has 0 amide bonds. The van der Waals surface area contributed by atoms with Gasteiger partial charge in [0.15, 0.2) is 0 Å². The van der Waals surface area contributed by atoms with Crippen LogP contribution in [-0.4, -0.2) is 22.0 Å². The van der Waals surface area contributed by atoms with E-state index in [0.29, 0.717) is 22.9 Å². The molecule has 0 aliphatic carbocycles. The molecule has 0 N–H and O–H groups in total. The number of hydrogen-bond acceptors (Lipinski definition) is 3. The molecule has 18 heavy (non-hydrogen) atoms. The van der Waals surface area contributed by atoms with E-state index >= 15 is 0 Å². The molecule has 1 rings (SSSR count). The number of benzene rings is 1. The van der Waals surface area contributed by atoms with Crippen LogP contribution in [0.5, 0.6) is 0 Å². The zero-order valence-electron chi connectivity index (χ0n) is 10.5. The van der Waals surface area contributed by atoms with Crippen LogP contribution >= 0.6 is 11.6 Å². The fraction of sp³-hybridized carbons (Fsp3) is 0.462. The Hall–Kier alpha value is -0.870. The largest absolute Gasteiger partial charge is 0.465 e. The van der Waals surface area contributed by atoms with Gasteiger partial charge in [-0.2, -0.15) is 0 Å². The molecule has 5 heteroatoms. The molecular formula is C13H17ClO3S. The second-order valence-corrected chi connectivity index (χ2v) is 5.86. The summed E-state index contributed by atoms with van der Waals surface area (Å²) in [5, 5.41) is -0.103. The molecule has 0 spiro atoms. The van der Waals surface area contributed by atoms with Crippen molar-refractivity contribution in [3.05, 3.63) is 29.3 Å². The third-order valence-corrected chi connectivity index (χ3v) is 4.29. The average molecular weight is 289 g/mol. The number of esters is 1. The molecule has 0 aliphatic heterocycles. The van der Waals surface area contributed by atoms with Gasteiger partial charge in [0, 0.05) is 9.92 Å². The highest BCUT2D eigenvalue weighted by atomic mass is 35.5. The van der Waals surface area contributed by atoms with Crippen LogP contribution in [0.3, 0.4) is 0 Å². The van der Waals surface area contributed by atoms with E-state index in [9.17, 15) is 9.00 Å². The van der Waals surface area contributed by atoms with Gasteiger partial charge >= 0.3 is 5.97 Å². The summed E-state index contributed by atoms with van der Waals surface area (Å²) in [5.74, 6) is -0.405. The van der Waals surface area contributed by atoms with Crippen LogP contribution in [0.25, 0.3) is 0 Å². The first-order valence-corrected chi connectivity index (χ1v) is 7.52. The number of carbonyl (C=O) groups excluding carboxylic acids is 1. The molecule has 0 bridgehead atoms. The summed E-state index contributed by atoms with van der Waals surface area (Å²) < 4.78 is 17.3. The SMILES string of the molecule is CCCC(C(=O)OCC)S(=O)c1cccc(Cl)c1. The number of hydrogen-bond donors (Lipinski definition) is 0. The molecule has 0 aromatic heterocycles. The maximum Gasteiger partial charge on any atom is 0.322 e. The van der Waals surface area contributed by atoms with Crippen LogP contribution in [0.4, 0.5) is 0 Å². The van der Waals surface area contributed by atoms with E-state index in [1.54, 1.807) is 31.2 Å². The lowest BCUT2D eigenvalue weighted by molar-refractivity contribution is -0.142. The molecule has 2 atom stereocenters. The van der Waals surface area contributed by atoms with Gasteiger partial charge in [-0.1, -0.05) is 31.0 Å². The number of carbonyl (C=O) groups is 1. The van der Waals surface area contributed by atoms with Gasteiger partial charge in [-0.25, -0.2) is 0 Å². The minimum Gasteiger partial charge on any atom is -0.465 e. The number of halogens is 1. The molecule has 0 fully saturated rings. The summed E-state index contributed by atoms with van der Waals surface area (Å²) in [6.45, 7) is 3.98. The Morgan fingerprint density at radius 1 is 1.44 bits per heavy atom. The van der Waals surface area contributed by atoms with E-state index in [1.165, 1.54) is 0 Å². The summed E-state index contributed by atoms with van der Waals surface area (Å²) in [6.07, 6.45) is 1.31. The fourth-order valence-corrected chi connectivity index (χ4v) is 3.30. The maximum atomic E-state index is 12.4. The second-order valence-electron chi connectivity index (χ2n) is 3.78. The van der Waals surface area contributed by atoms with E-state index in [4.69, 9.17) is 16.3 Å². The first-order chi connectivity index (χ1) is 8.60. The Labute approximate surface area is 115 Å². The predicted molar refractivity (Wildman–Crippen MR) is 73.2 cm³/mol. The van der Waals surface area contributed by atoms with Gasteiger partial charge in [-0.3, -0.25) is 9.00 Å². The fourth-order valence-electron chi connectivity index (χ4n) is 1.57.